The summed E-state index contributed by atoms with van der Waals surface area (Å²) in [6.07, 6.45) is 3.05. The molecular formula is C8H10ClN3O2S. The highest BCUT2D eigenvalue weighted by molar-refractivity contribution is 7.91. The minimum atomic E-state index is -2.87. The molecule has 1 aromatic heterocycles. The number of hydrogen-bond donors (Lipinski definition) is 0. The van der Waals surface area contributed by atoms with Gasteiger partial charge in [0.25, 0.3) is 0 Å². The van der Waals surface area contributed by atoms with E-state index >= 15 is 0 Å². The summed E-state index contributed by atoms with van der Waals surface area (Å²) in [7, 11) is -2.87. The summed E-state index contributed by atoms with van der Waals surface area (Å²) in [5.74, 6) is 0.869. The predicted molar refractivity (Wildman–Crippen MR) is 57.9 cm³/mol. The molecular weight excluding hydrogens is 238 g/mol. The van der Waals surface area contributed by atoms with Crippen LogP contribution in [-0.2, 0) is 9.84 Å². The number of rotatable bonds is 1. The first-order chi connectivity index (χ1) is 7.08. The number of nitrogens with zero attached hydrogens (tertiary/aromatic N) is 3. The SMILES string of the molecule is O=S1(=O)CCN(c2nccnc2Cl)CC1. The van der Waals surface area contributed by atoms with Gasteiger partial charge in [-0.2, -0.15) is 0 Å². The van der Waals surface area contributed by atoms with Gasteiger partial charge in [0.2, 0.25) is 0 Å². The molecule has 2 rings (SSSR count). The summed E-state index contributed by atoms with van der Waals surface area (Å²) >= 11 is 5.86. The number of halogens is 1. The van der Waals surface area contributed by atoms with Crippen LogP contribution in [0.15, 0.2) is 12.4 Å². The molecule has 0 radical (unpaired) electrons. The van der Waals surface area contributed by atoms with E-state index in [1.54, 1.807) is 6.20 Å². The maximum absolute atomic E-state index is 11.2. The van der Waals surface area contributed by atoms with Crippen molar-refractivity contribution in [2.45, 2.75) is 0 Å². The Balaban J connectivity index is 2.18. The van der Waals surface area contributed by atoms with Gasteiger partial charge in [-0.15, -0.1) is 0 Å². The van der Waals surface area contributed by atoms with Crippen LogP contribution in [0.5, 0.6) is 0 Å². The Morgan fingerprint density at radius 2 is 1.80 bits per heavy atom. The normalized spacial score (nSPS) is 20.2. The smallest absolute Gasteiger partial charge is 0.171 e. The van der Waals surface area contributed by atoms with Crippen LogP contribution in [-0.4, -0.2) is 43.0 Å². The van der Waals surface area contributed by atoms with E-state index in [2.05, 4.69) is 9.97 Å². The zero-order valence-corrected chi connectivity index (χ0v) is 9.50. The molecule has 1 fully saturated rings. The maximum Gasteiger partial charge on any atom is 0.171 e. The van der Waals surface area contributed by atoms with Crippen LogP contribution in [0.3, 0.4) is 0 Å². The van der Waals surface area contributed by atoms with E-state index in [4.69, 9.17) is 11.6 Å². The molecule has 0 aliphatic carbocycles. The third-order valence-electron chi connectivity index (χ3n) is 2.28. The highest BCUT2D eigenvalue weighted by Gasteiger charge is 2.23. The van der Waals surface area contributed by atoms with Crippen molar-refractivity contribution in [2.24, 2.45) is 0 Å². The lowest BCUT2D eigenvalue weighted by Crippen LogP contribution is -2.40. The monoisotopic (exact) mass is 247 g/mol. The van der Waals surface area contributed by atoms with Crippen LogP contribution in [0.25, 0.3) is 0 Å². The Bertz CT molecular complexity index is 449. The number of anilines is 1. The van der Waals surface area contributed by atoms with Gasteiger partial charge >= 0.3 is 0 Å². The Labute approximate surface area is 93.0 Å². The van der Waals surface area contributed by atoms with Crippen LogP contribution in [0, 0.1) is 0 Å². The zero-order chi connectivity index (χ0) is 10.9. The fourth-order valence-corrected chi connectivity index (χ4v) is 2.88. The van der Waals surface area contributed by atoms with Gasteiger partial charge in [-0.05, 0) is 0 Å². The minimum Gasteiger partial charge on any atom is -0.352 e. The first-order valence-corrected chi connectivity index (χ1v) is 6.70. The quantitative estimate of drug-likeness (QED) is 0.717. The Hall–Kier alpha value is -0.880. The molecule has 0 atom stereocenters. The van der Waals surface area contributed by atoms with E-state index < -0.39 is 9.84 Å². The third kappa shape index (κ3) is 2.38. The van der Waals surface area contributed by atoms with Crippen LogP contribution in [0.1, 0.15) is 0 Å². The molecule has 0 spiro atoms. The van der Waals surface area contributed by atoms with Crippen molar-refractivity contribution in [1.29, 1.82) is 0 Å². The van der Waals surface area contributed by atoms with Crippen molar-refractivity contribution in [2.75, 3.05) is 29.5 Å². The van der Waals surface area contributed by atoms with Crippen molar-refractivity contribution in [1.82, 2.24) is 9.97 Å². The van der Waals surface area contributed by atoms with Gasteiger partial charge in [-0.25, -0.2) is 18.4 Å². The van der Waals surface area contributed by atoms with Gasteiger partial charge in [-0.1, -0.05) is 11.6 Å². The van der Waals surface area contributed by atoms with E-state index in [9.17, 15) is 8.42 Å². The van der Waals surface area contributed by atoms with Crippen LogP contribution >= 0.6 is 11.6 Å². The molecule has 1 aliphatic rings. The standard InChI is InChI=1S/C8H10ClN3O2S/c9-7-8(11-2-1-10-7)12-3-5-15(13,14)6-4-12/h1-2H,3-6H2. The van der Waals surface area contributed by atoms with E-state index in [0.29, 0.717) is 24.1 Å². The Morgan fingerprint density at radius 3 is 2.40 bits per heavy atom. The third-order valence-corrected chi connectivity index (χ3v) is 4.16. The predicted octanol–water partition coefficient (Wildman–Crippen LogP) is 0.365. The number of sulfone groups is 1. The van der Waals surface area contributed by atoms with Crippen LogP contribution < -0.4 is 4.90 Å². The van der Waals surface area contributed by atoms with Gasteiger partial charge in [0.15, 0.2) is 20.8 Å². The molecule has 5 nitrogen and oxygen atoms in total. The Kier molecular flexibility index (Phi) is 2.79. The lowest BCUT2D eigenvalue weighted by Gasteiger charge is -2.27. The molecule has 0 unspecified atom stereocenters. The minimum absolute atomic E-state index is 0.153. The molecule has 82 valence electrons. The van der Waals surface area contributed by atoms with Gasteiger partial charge in [0.05, 0.1) is 11.5 Å². The molecule has 0 amide bonds. The Morgan fingerprint density at radius 1 is 1.20 bits per heavy atom. The number of aromatic nitrogens is 2. The lowest BCUT2D eigenvalue weighted by atomic mass is 10.5. The molecule has 0 aromatic carbocycles. The van der Waals surface area contributed by atoms with Crippen molar-refractivity contribution >= 4 is 27.3 Å². The van der Waals surface area contributed by atoms with Crippen molar-refractivity contribution < 1.29 is 8.42 Å². The average molecular weight is 248 g/mol. The molecule has 15 heavy (non-hydrogen) atoms. The molecule has 2 heterocycles. The van der Waals surface area contributed by atoms with Gasteiger partial charge in [0.1, 0.15) is 0 Å². The van der Waals surface area contributed by atoms with Crippen LogP contribution in [0.2, 0.25) is 5.15 Å². The molecule has 0 saturated carbocycles. The van der Waals surface area contributed by atoms with E-state index in [0.717, 1.165) is 0 Å². The topological polar surface area (TPSA) is 63.2 Å². The highest BCUT2D eigenvalue weighted by Crippen LogP contribution is 2.21. The van der Waals surface area contributed by atoms with Gasteiger partial charge in [-0.3, -0.25) is 0 Å². The summed E-state index contributed by atoms with van der Waals surface area (Å²) in [4.78, 5) is 9.83. The fourth-order valence-electron chi connectivity index (χ4n) is 1.45. The summed E-state index contributed by atoms with van der Waals surface area (Å²) in [5, 5.41) is 0.316. The van der Waals surface area contributed by atoms with E-state index in [-0.39, 0.29) is 11.5 Å². The second kappa shape index (κ2) is 3.94. The van der Waals surface area contributed by atoms with E-state index in [1.165, 1.54) is 6.20 Å². The number of hydrogen-bond acceptors (Lipinski definition) is 5. The average Bonchev–Trinajstić information content (AvgIpc) is 2.19. The summed E-state index contributed by atoms with van der Waals surface area (Å²) in [6, 6.07) is 0. The maximum atomic E-state index is 11.2. The van der Waals surface area contributed by atoms with Crippen LogP contribution in [0.4, 0.5) is 5.82 Å². The molecule has 1 aliphatic heterocycles. The zero-order valence-electron chi connectivity index (χ0n) is 7.93. The highest BCUT2D eigenvalue weighted by atomic mass is 35.5. The second-order valence-electron chi connectivity index (χ2n) is 3.31. The van der Waals surface area contributed by atoms with Gasteiger partial charge in [0, 0.05) is 25.5 Å². The molecule has 0 N–H and O–H groups in total. The van der Waals surface area contributed by atoms with Crippen molar-refractivity contribution in [3.8, 4) is 0 Å². The lowest BCUT2D eigenvalue weighted by molar-refractivity contribution is 0.586. The first kappa shape index (κ1) is 10.6. The van der Waals surface area contributed by atoms with Gasteiger partial charge < -0.3 is 4.90 Å². The fraction of sp³-hybridized carbons (Fsp3) is 0.500. The summed E-state index contributed by atoms with van der Waals surface area (Å²) < 4.78 is 22.4. The summed E-state index contributed by atoms with van der Waals surface area (Å²) in [6.45, 7) is 0.863. The molecule has 1 aromatic rings. The first-order valence-electron chi connectivity index (χ1n) is 4.50. The summed E-state index contributed by atoms with van der Waals surface area (Å²) in [5.41, 5.74) is 0. The largest absolute Gasteiger partial charge is 0.352 e. The molecule has 0 bridgehead atoms. The molecule has 1 saturated heterocycles. The van der Waals surface area contributed by atoms with E-state index in [1.807, 2.05) is 4.90 Å². The van der Waals surface area contributed by atoms with Crippen molar-refractivity contribution in [3.63, 3.8) is 0 Å². The van der Waals surface area contributed by atoms with Crippen molar-refractivity contribution in [3.05, 3.63) is 17.5 Å². The molecule has 7 heteroatoms. The second-order valence-corrected chi connectivity index (χ2v) is 5.97.